The molecule has 0 unspecified atom stereocenters. The fourth-order valence-electron chi connectivity index (χ4n) is 1.62. The van der Waals surface area contributed by atoms with E-state index in [1.165, 1.54) is 0 Å². The summed E-state index contributed by atoms with van der Waals surface area (Å²) in [5.41, 5.74) is 1.58. The molecule has 0 aliphatic carbocycles. The van der Waals surface area contributed by atoms with Gasteiger partial charge in [0.1, 0.15) is 5.75 Å². The van der Waals surface area contributed by atoms with Gasteiger partial charge in [0.2, 0.25) is 5.88 Å². The number of ether oxygens (including phenoxy) is 1. The molecule has 0 amide bonds. The lowest BCUT2D eigenvalue weighted by molar-refractivity contribution is 0.280. The first-order valence-electron chi connectivity index (χ1n) is 6.19. The van der Waals surface area contributed by atoms with E-state index in [9.17, 15) is 5.11 Å². The molecule has 0 spiro atoms. The quantitative estimate of drug-likeness (QED) is 0.919. The summed E-state index contributed by atoms with van der Waals surface area (Å²) in [6.45, 7) is 6.19. The van der Waals surface area contributed by atoms with Crippen LogP contribution in [0.4, 0.5) is 0 Å². The molecule has 0 radical (unpaired) electrons. The molecular weight excluding hydrogens is 240 g/mol. The van der Waals surface area contributed by atoms with E-state index in [2.05, 4.69) is 30.7 Å². The van der Waals surface area contributed by atoms with E-state index in [0.717, 1.165) is 11.3 Å². The van der Waals surface area contributed by atoms with Crippen molar-refractivity contribution in [3.05, 3.63) is 47.9 Å². The molecule has 4 heteroatoms. The van der Waals surface area contributed by atoms with Gasteiger partial charge in [-0.1, -0.05) is 20.8 Å². The second-order valence-electron chi connectivity index (χ2n) is 5.40. The zero-order valence-electron chi connectivity index (χ0n) is 11.4. The Kier molecular flexibility index (Phi) is 3.81. The molecule has 0 aliphatic heterocycles. The van der Waals surface area contributed by atoms with Crippen molar-refractivity contribution < 1.29 is 9.84 Å². The number of nitrogens with zero attached hydrogens (tertiary/aromatic N) is 2. The summed E-state index contributed by atoms with van der Waals surface area (Å²) in [5, 5.41) is 9.32. The molecule has 2 aromatic heterocycles. The summed E-state index contributed by atoms with van der Waals surface area (Å²) < 4.78 is 5.67. The third kappa shape index (κ3) is 3.51. The minimum Gasteiger partial charge on any atom is -0.437 e. The Labute approximate surface area is 113 Å². The Morgan fingerprint density at radius 2 is 2.05 bits per heavy atom. The molecule has 2 rings (SSSR count). The van der Waals surface area contributed by atoms with Crippen molar-refractivity contribution in [3.8, 4) is 11.6 Å². The second kappa shape index (κ2) is 5.36. The number of rotatable bonds is 3. The lowest BCUT2D eigenvalue weighted by Crippen LogP contribution is -2.14. The molecule has 0 aromatic carbocycles. The SMILES string of the molecule is CC(C)(C)c1cc(CO)cc(Oc2cccnc2)n1. The molecular formula is C15H18N2O2. The summed E-state index contributed by atoms with van der Waals surface area (Å²) in [6, 6.07) is 7.26. The van der Waals surface area contributed by atoms with E-state index in [4.69, 9.17) is 4.74 Å². The number of hydrogen-bond donors (Lipinski definition) is 1. The highest BCUT2D eigenvalue weighted by molar-refractivity contribution is 5.31. The Hall–Kier alpha value is -1.94. The van der Waals surface area contributed by atoms with Gasteiger partial charge in [-0.05, 0) is 23.8 Å². The summed E-state index contributed by atoms with van der Waals surface area (Å²) in [5.74, 6) is 1.11. The van der Waals surface area contributed by atoms with E-state index < -0.39 is 0 Å². The predicted octanol–water partition coefficient (Wildman–Crippen LogP) is 3.06. The number of pyridine rings is 2. The fourth-order valence-corrected chi connectivity index (χ4v) is 1.62. The molecule has 0 saturated carbocycles. The number of hydrogen-bond acceptors (Lipinski definition) is 4. The van der Waals surface area contributed by atoms with Crippen LogP contribution < -0.4 is 4.74 Å². The van der Waals surface area contributed by atoms with Gasteiger partial charge < -0.3 is 9.84 Å². The predicted molar refractivity (Wildman–Crippen MR) is 73.2 cm³/mol. The van der Waals surface area contributed by atoms with Crippen LogP contribution in [0, 0.1) is 0 Å². The van der Waals surface area contributed by atoms with Gasteiger partial charge in [0.25, 0.3) is 0 Å². The largest absolute Gasteiger partial charge is 0.437 e. The van der Waals surface area contributed by atoms with Crippen LogP contribution in [0.25, 0.3) is 0 Å². The molecule has 2 aromatic rings. The Morgan fingerprint density at radius 1 is 1.26 bits per heavy atom. The molecule has 4 nitrogen and oxygen atoms in total. The third-order valence-corrected chi connectivity index (χ3v) is 2.67. The maximum Gasteiger partial charge on any atom is 0.219 e. The van der Waals surface area contributed by atoms with Gasteiger partial charge in [0.05, 0.1) is 18.5 Å². The monoisotopic (exact) mass is 258 g/mol. The highest BCUT2D eigenvalue weighted by atomic mass is 16.5. The maximum atomic E-state index is 9.32. The zero-order valence-corrected chi connectivity index (χ0v) is 11.4. The molecule has 0 aliphatic rings. The molecule has 0 saturated heterocycles. The number of aliphatic hydroxyl groups is 1. The van der Waals surface area contributed by atoms with Crippen LogP contribution in [0.1, 0.15) is 32.0 Å². The normalized spacial score (nSPS) is 11.4. The molecule has 0 bridgehead atoms. The van der Waals surface area contributed by atoms with Crippen LogP contribution in [-0.2, 0) is 12.0 Å². The Morgan fingerprint density at radius 3 is 2.63 bits per heavy atom. The number of aliphatic hydroxyl groups excluding tert-OH is 1. The molecule has 1 N–H and O–H groups in total. The lowest BCUT2D eigenvalue weighted by Gasteiger charge is -2.19. The van der Waals surface area contributed by atoms with E-state index in [-0.39, 0.29) is 12.0 Å². The van der Waals surface area contributed by atoms with Crippen molar-refractivity contribution in [3.63, 3.8) is 0 Å². The van der Waals surface area contributed by atoms with Crippen LogP contribution in [0.15, 0.2) is 36.7 Å². The molecule has 0 fully saturated rings. The van der Waals surface area contributed by atoms with Crippen molar-refractivity contribution in [2.24, 2.45) is 0 Å². The van der Waals surface area contributed by atoms with Crippen LogP contribution in [0.3, 0.4) is 0 Å². The second-order valence-corrected chi connectivity index (χ2v) is 5.40. The smallest absolute Gasteiger partial charge is 0.219 e. The van der Waals surface area contributed by atoms with Crippen LogP contribution in [0.5, 0.6) is 11.6 Å². The van der Waals surface area contributed by atoms with Crippen LogP contribution >= 0.6 is 0 Å². The van der Waals surface area contributed by atoms with Gasteiger partial charge in [-0.2, -0.15) is 0 Å². The first-order valence-corrected chi connectivity index (χ1v) is 6.19. The van der Waals surface area contributed by atoms with Crippen molar-refractivity contribution in [1.29, 1.82) is 0 Å². The van der Waals surface area contributed by atoms with Crippen LogP contribution in [0.2, 0.25) is 0 Å². The zero-order chi connectivity index (χ0) is 13.9. The first-order chi connectivity index (χ1) is 8.99. The van der Waals surface area contributed by atoms with Crippen molar-refractivity contribution in [2.75, 3.05) is 0 Å². The summed E-state index contributed by atoms with van der Waals surface area (Å²) in [6.07, 6.45) is 3.31. The standard InChI is InChI=1S/C15H18N2O2/c1-15(2,3)13-7-11(10-18)8-14(17-13)19-12-5-4-6-16-9-12/h4-9,18H,10H2,1-3H3. The molecule has 100 valence electrons. The minimum atomic E-state index is -0.0990. The van der Waals surface area contributed by atoms with Crippen molar-refractivity contribution in [2.45, 2.75) is 32.8 Å². The van der Waals surface area contributed by atoms with Crippen LogP contribution in [-0.4, -0.2) is 15.1 Å². The average molecular weight is 258 g/mol. The fraction of sp³-hybridized carbons (Fsp3) is 0.333. The van der Waals surface area contributed by atoms with E-state index >= 15 is 0 Å². The van der Waals surface area contributed by atoms with E-state index in [0.29, 0.717) is 11.6 Å². The molecule has 0 atom stereocenters. The van der Waals surface area contributed by atoms with Gasteiger partial charge in [0, 0.05) is 17.7 Å². The van der Waals surface area contributed by atoms with E-state index in [1.54, 1.807) is 24.5 Å². The van der Waals surface area contributed by atoms with Crippen molar-refractivity contribution >= 4 is 0 Å². The lowest BCUT2D eigenvalue weighted by atomic mass is 9.91. The van der Waals surface area contributed by atoms with Gasteiger partial charge in [-0.15, -0.1) is 0 Å². The highest BCUT2D eigenvalue weighted by Gasteiger charge is 2.17. The Balaban J connectivity index is 2.35. The average Bonchev–Trinajstić information content (AvgIpc) is 2.38. The summed E-state index contributed by atoms with van der Waals surface area (Å²) >= 11 is 0. The van der Waals surface area contributed by atoms with Gasteiger partial charge in [-0.3, -0.25) is 4.98 Å². The van der Waals surface area contributed by atoms with Crippen molar-refractivity contribution in [1.82, 2.24) is 9.97 Å². The Bertz CT molecular complexity index is 548. The molecule has 19 heavy (non-hydrogen) atoms. The maximum absolute atomic E-state index is 9.32. The van der Waals surface area contributed by atoms with Gasteiger partial charge in [-0.25, -0.2) is 4.98 Å². The topological polar surface area (TPSA) is 55.2 Å². The third-order valence-electron chi connectivity index (χ3n) is 2.67. The molecule has 2 heterocycles. The summed E-state index contributed by atoms with van der Waals surface area (Å²) in [4.78, 5) is 8.48. The van der Waals surface area contributed by atoms with E-state index in [1.807, 2.05) is 12.1 Å². The minimum absolute atomic E-state index is 0.0327. The number of aromatic nitrogens is 2. The van der Waals surface area contributed by atoms with Gasteiger partial charge >= 0.3 is 0 Å². The summed E-state index contributed by atoms with van der Waals surface area (Å²) in [7, 11) is 0. The first kappa shape index (κ1) is 13.5. The van der Waals surface area contributed by atoms with Gasteiger partial charge in [0.15, 0.2) is 0 Å². The highest BCUT2D eigenvalue weighted by Crippen LogP contribution is 2.26.